The molecule has 150 valence electrons. The highest BCUT2D eigenvalue weighted by atomic mass is 32.2. The highest BCUT2D eigenvalue weighted by molar-refractivity contribution is 7.99. The van der Waals surface area contributed by atoms with E-state index in [1.165, 1.54) is 16.6 Å². The number of nitrogens with zero attached hydrogens (tertiary/aromatic N) is 1. The van der Waals surface area contributed by atoms with Crippen LogP contribution in [-0.4, -0.2) is 48.1 Å². The van der Waals surface area contributed by atoms with Crippen molar-refractivity contribution >= 4 is 46.6 Å². The average molecular weight is 421 g/mol. The molecule has 0 unspecified atom stereocenters. The van der Waals surface area contributed by atoms with Crippen LogP contribution in [0.5, 0.6) is 0 Å². The summed E-state index contributed by atoms with van der Waals surface area (Å²) in [7, 11) is 0. The number of ether oxygens (including phenoxy) is 1. The Labute approximate surface area is 173 Å². The van der Waals surface area contributed by atoms with Gasteiger partial charge in [-0.15, -0.1) is 23.1 Å². The first-order valence-corrected chi connectivity index (χ1v) is 11.0. The zero-order chi connectivity index (χ0) is 20.4. The van der Waals surface area contributed by atoms with Crippen LogP contribution in [0.25, 0.3) is 0 Å². The average Bonchev–Trinajstić information content (AvgIpc) is 3.21. The maximum Gasteiger partial charge on any atom is 0.316 e. The fourth-order valence-electron chi connectivity index (χ4n) is 2.40. The van der Waals surface area contributed by atoms with E-state index in [2.05, 4.69) is 5.32 Å². The maximum absolute atomic E-state index is 12.3. The van der Waals surface area contributed by atoms with Gasteiger partial charge in [0.15, 0.2) is 6.61 Å². The molecule has 1 aromatic carbocycles. The first kappa shape index (κ1) is 22.0. The summed E-state index contributed by atoms with van der Waals surface area (Å²) >= 11 is 3.09. The Bertz CT molecular complexity index is 772. The number of nitrogens with one attached hydrogen (secondary N) is 1. The molecule has 0 aliphatic heterocycles. The van der Waals surface area contributed by atoms with Crippen LogP contribution in [0.15, 0.2) is 41.8 Å². The summed E-state index contributed by atoms with van der Waals surface area (Å²) in [5.74, 6) is 0.0679. The van der Waals surface area contributed by atoms with Crippen LogP contribution in [0.2, 0.25) is 0 Å². The summed E-state index contributed by atoms with van der Waals surface area (Å²) in [6.45, 7) is 4.81. The van der Waals surface area contributed by atoms with E-state index in [1.807, 2.05) is 31.4 Å². The summed E-state index contributed by atoms with van der Waals surface area (Å²) in [4.78, 5) is 38.8. The van der Waals surface area contributed by atoms with E-state index in [4.69, 9.17) is 4.74 Å². The van der Waals surface area contributed by atoms with Gasteiger partial charge in [0.2, 0.25) is 0 Å². The third kappa shape index (κ3) is 7.01. The molecule has 0 bridgehead atoms. The van der Waals surface area contributed by atoms with E-state index in [9.17, 15) is 14.4 Å². The number of amides is 2. The number of thioether (sulfide) groups is 1. The van der Waals surface area contributed by atoms with Gasteiger partial charge < -0.3 is 15.0 Å². The number of esters is 1. The van der Waals surface area contributed by atoms with Crippen LogP contribution in [0, 0.1) is 0 Å². The molecule has 2 rings (SSSR count). The minimum absolute atomic E-state index is 0.0446. The van der Waals surface area contributed by atoms with Crippen molar-refractivity contribution in [1.29, 1.82) is 0 Å². The second-order valence-corrected chi connectivity index (χ2v) is 7.85. The number of carbonyl (C=O) groups is 3. The molecular weight excluding hydrogens is 396 g/mol. The molecule has 0 saturated carbocycles. The number of hydrogen-bond acceptors (Lipinski definition) is 6. The Hall–Kier alpha value is -2.32. The van der Waals surface area contributed by atoms with Gasteiger partial charge in [-0.1, -0.05) is 6.07 Å². The summed E-state index contributed by atoms with van der Waals surface area (Å²) in [6, 6.07) is 10.6. The molecule has 28 heavy (non-hydrogen) atoms. The lowest BCUT2D eigenvalue weighted by Crippen LogP contribution is -2.30. The van der Waals surface area contributed by atoms with Crippen LogP contribution >= 0.6 is 23.1 Å². The van der Waals surface area contributed by atoms with Gasteiger partial charge in [0.25, 0.3) is 11.8 Å². The smallest absolute Gasteiger partial charge is 0.316 e. The highest BCUT2D eigenvalue weighted by Crippen LogP contribution is 2.17. The zero-order valence-corrected chi connectivity index (χ0v) is 17.6. The third-order valence-corrected chi connectivity index (χ3v) is 5.89. The van der Waals surface area contributed by atoms with Crippen molar-refractivity contribution in [2.24, 2.45) is 0 Å². The molecule has 0 fully saturated rings. The van der Waals surface area contributed by atoms with E-state index in [-0.39, 0.29) is 18.3 Å². The first-order chi connectivity index (χ1) is 13.5. The predicted octanol–water partition coefficient (Wildman–Crippen LogP) is 3.65. The van der Waals surface area contributed by atoms with Crippen molar-refractivity contribution in [3.63, 3.8) is 0 Å². The van der Waals surface area contributed by atoms with Crippen LogP contribution in [0.4, 0.5) is 5.69 Å². The van der Waals surface area contributed by atoms with Gasteiger partial charge in [-0.3, -0.25) is 14.4 Å². The number of hydrogen-bond donors (Lipinski definition) is 1. The van der Waals surface area contributed by atoms with Crippen molar-refractivity contribution in [3.8, 4) is 0 Å². The molecule has 0 aliphatic carbocycles. The Balaban J connectivity index is 1.72. The van der Waals surface area contributed by atoms with Gasteiger partial charge >= 0.3 is 5.97 Å². The van der Waals surface area contributed by atoms with Crippen molar-refractivity contribution < 1.29 is 19.1 Å². The lowest BCUT2D eigenvalue weighted by molar-refractivity contribution is -0.144. The summed E-state index contributed by atoms with van der Waals surface area (Å²) in [5.41, 5.74) is 1.11. The van der Waals surface area contributed by atoms with E-state index < -0.39 is 11.9 Å². The first-order valence-electron chi connectivity index (χ1n) is 8.98. The molecule has 0 aliphatic rings. The molecule has 0 spiro atoms. The summed E-state index contributed by atoms with van der Waals surface area (Å²) in [6.07, 6.45) is 0. The van der Waals surface area contributed by atoms with Crippen LogP contribution < -0.4 is 5.32 Å². The molecule has 2 aromatic rings. The number of benzene rings is 1. The SMILES string of the molecule is CCN(CC)C(=O)c1ccc(NC(=O)COC(=O)CSCc2cccs2)cc1. The molecule has 0 atom stereocenters. The lowest BCUT2D eigenvalue weighted by atomic mass is 10.2. The number of rotatable bonds is 10. The molecule has 0 saturated heterocycles. The van der Waals surface area contributed by atoms with Gasteiger partial charge in [0.05, 0.1) is 5.75 Å². The van der Waals surface area contributed by atoms with Gasteiger partial charge in [-0.25, -0.2) is 0 Å². The van der Waals surface area contributed by atoms with E-state index in [1.54, 1.807) is 40.5 Å². The van der Waals surface area contributed by atoms with Gasteiger partial charge in [-0.05, 0) is 49.6 Å². The Morgan fingerprint density at radius 1 is 1.11 bits per heavy atom. The summed E-state index contributed by atoms with van der Waals surface area (Å²) < 4.78 is 4.99. The quantitative estimate of drug-likeness (QED) is 0.594. The second-order valence-electron chi connectivity index (χ2n) is 5.84. The standard InChI is InChI=1S/C20H24N2O4S2/c1-3-22(4-2)20(25)15-7-9-16(10-8-15)21-18(23)12-26-19(24)14-27-13-17-6-5-11-28-17/h5-11H,3-4,12-14H2,1-2H3,(H,21,23). The van der Waals surface area contributed by atoms with Crippen molar-refractivity contribution in [2.45, 2.75) is 19.6 Å². The Morgan fingerprint density at radius 3 is 2.43 bits per heavy atom. The van der Waals surface area contributed by atoms with Crippen LogP contribution in [0.3, 0.4) is 0 Å². The van der Waals surface area contributed by atoms with Crippen LogP contribution in [0.1, 0.15) is 29.1 Å². The van der Waals surface area contributed by atoms with Gasteiger partial charge in [0.1, 0.15) is 0 Å². The molecule has 2 amide bonds. The molecule has 0 radical (unpaired) electrons. The number of anilines is 1. The fourth-order valence-corrected chi connectivity index (χ4v) is 4.06. The largest absolute Gasteiger partial charge is 0.455 e. The minimum atomic E-state index is -0.420. The second kappa shape index (κ2) is 11.5. The van der Waals surface area contributed by atoms with E-state index in [0.717, 1.165) is 5.75 Å². The Morgan fingerprint density at radius 2 is 1.82 bits per heavy atom. The van der Waals surface area contributed by atoms with Gasteiger partial charge in [0, 0.05) is 35.0 Å². The fraction of sp³-hybridized carbons (Fsp3) is 0.350. The molecule has 1 heterocycles. The van der Waals surface area contributed by atoms with Crippen LogP contribution in [-0.2, 0) is 20.1 Å². The molecule has 8 heteroatoms. The molecular formula is C20H24N2O4S2. The number of thiophene rings is 1. The minimum Gasteiger partial charge on any atom is -0.455 e. The van der Waals surface area contributed by atoms with Gasteiger partial charge in [-0.2, -0.15) is 0 Å². The van der Waals surface area contributed by atoms with E-state index >= 15 is 0 Å². The molecule has 6 nitrogen and oxygen atoms in total. The number of carbonyl (C=O) groups excluding carboxylic acids is 3. The monoisotopic (exact) mass is 420 g/mol. The lowest BCUT2D eigenvalue weighted by Gasteiger charge is -2.18. The third-order valence-electron chi connectivity index (χ3n) is 3.87. The maximum atomic E-state index is 12.3. The van der Waals surface area contributed by atoms with Crippen molar-refractivity contribution in [3.05, 3.63) is 52.2 Å². The topological polar surface area (TPSA) is 75.7 Å². The van der Waals surface area contributed by atoms with Crippen molar-refractivity contribution in [2.75, 3.05) is 30.8 Å². The summed E-state index contributed by atoms with van der Waals surface area (Å²) in [5, 5.41) is 4.64. The van der Waals surface area contributed by atoms with E-state index in [0.29, 0.717) is 24.3 Å². The zero-order valence-electron chi connectivity index (χ0n) is 16.0. The molecule has 1 N–H and O–H groups in total. The normalized spacial score (nSPS) is 10.4. The predicted molar refractivity (Wildman–Crippen MR) is 114 cm³/mol. The highest BCUT2D eigenvalue weighted by Gasteiger charge is 2.13. The molecule has 1 aromatic heterocycles. The Kier molecular flexibility index (Phi) is 9.03. The van der Waals surface area contributed by atoms with Crippen molar-refractivity contribution in [1.82, 2.24) is 4.90 Å².